The van der Waals surface area contributed by atoms with Gasteiger partial charge in [0.05, 0.1) is 31.5 Å². The Labute approximate surface area is 306 Å². The zero-order valence-electron chi connectivity index (χ0n) is 29.2. The van der Waals surface area contributed by atoms with Gasteiger partial charge in [0, 0.05) is 10.5 Å². The van der Waals surface area contributed by atoms with Crippen molar-refractivity contribution in [1.29, 1.82) is 0 Å². The third kappa shape index (κ3) is 7.55. The van der Waals surface area contributed by atoms with E-state index in [9.17, 15) is 14.4 Å². The minimum absolute atomic E-state index is 0.0188. The fraction of sp³-hybridized carbons (Fsp3) is 0.282. The van der Waals surface area contributed by atoms with Crippen LogP contribution in [0.25, 0.3) is 0 Å². The van der Waals surface area contributed by atoms with Gasteiger partial charge in [-0.15, -0.1) is 0 Å². The first-order valence-electron chi connectivity index (χ1n) is 16.1. The van der Waals surface area contributed by atoms with Crippen molar-refractivity contribution in [2.75, 3.05) is 19.1 Å². The quantitative estimate of drug-likeness (QED) is 0.0941. The number of carbonyl (C=O) groups is 4. The molecule has 1 N–H and O–H groups in total. The smallest absolute Gasteiger partial charge is 0.408 e. The molecule has 2 atom stereocenters. The standard InChI is InChI=1S/C39H39ClN2O8S/c1-37(2,3)50-36(46)41-39(30-13-10-14-31(40)32(30)42(33(39)43)23-25-11-8-7-9-12-25)38(4,35(45)51-29-21-19-28(48-6)20-22-29)34(44)49-24-26-15-17-27(47-5)18-16-26/h7-22H,23-24H2,1-6H3,(H,41,46). The lowest BCUT2D eigenvalue weighted by atomic mass is 9.67. The van der Waals surface area contributed by atoms with Crippen molar-refractivity contribution in [3.63, 3.8) is 0 Å². The molecule has 0 saturated carbocycles. The van der Waals surface area contributed by atoms with Crippen LogP contribution in [0.4, 0.5) is 10.5 Å². The molecule has 2 amide bonds. The molecule has 51 heavy (non-hydrogen) atoms. The molecule has 4 aromatic carbocycles. The van der Waals surface area contributed by atoms with Crippen LogP contribution in [0.1, 0.15) is 44.4 Å². The van der Waals surface area contributed by atoms with Crippen LogP contribution in [-0.2, 0) is 42.5 Å². The van der Waals surface area contributed by atoms with Gasteiger partial charge in [-0.2, -0.15) is 0 Å². The summed E-state index contributed by atoms with van der Waals surface area (Å²) in [6.45, 7) is 6.07. The number of anilines is 1. The van der Waals surface area contributed by atoms with Gasteiger partial charge in [-0.1, -0.05) is 78.0 Å². The minimum atomic E-state index is -2.40. The predicted molar refractivity (Wildman–Crippen MR) is 195 cm³/mol. The van der Waals surface area contributed by atoms with Crippen LogP contribution in [0.5, 0.6) is 11.5 Å². The van der Waals surface area contributed by atoms with Crippen molar-refractivity contribution in [2.24, 2.45) is 5.41 Å². The molecule has 0 aromatic heterocycles. The van der Waals surface area contributed by atoms with Crippen molar-refractivity contribution in [2.45, 2.75) is 56.9 Å². The molecule has 1 aliphatic heterocycles. The number of hydrogen-bond acceptors (Lipinski definition) is 9. The second-order valence-electron chi connectivity index (χ2n) is 13.0. The monoisotopic (exact) mass is 730 g/mol. The van der Waals surface area contributed by atoms with Crippen LogP contribution >= 0.6 is 23.4 Å². The summed E-state index contributed by atoms with van der Waals surface area (Å²) in [5.41, 5.74) is -4.06. The lowest BCUT2D eigenvalue weighted by Gasteiger charge is -2.42. The first-order valence-corrected chi connectivity index (χ1v) is 17.3. The van der Waals surface area contributed by atoms with Gasteiger partial charge in [-0.05, 0) is 81.3 Å². The molecule has 266 valence electrons. The van der Waals surface area contributed by atoms with Crippen LogP contribution in [0.3, 0.4) is 0 Å². The zero-order valence-corrected chi connectivity index (χ0v) is 30.7. The van der Waals surface area contributed by atoms with Gasteiger partial charge in [0.25, 0.3) is 5.91 Å². The highest BCUT2D eigenvalue weighted by atomic mass is 35.5. The number of nitrogens with one attached hydrogen (secondary N) is 1. The number of fused-ring (bicyclic) bond motifs is 1. The molecule has 2 unspecified atom stereocenters. The molecule has 4 aromatic rings. The van der Waals surface area contributed by atoms with E-state index in [2.05, 4.69) is 5.32 Å². The summed E-state index contributed by atoms with van der Waals surface area (Å²) in [5.74, 6) is -0.665. The van der Waals surface area contributed by atoms with Gasteiger partial charge in [-0.25, -0.2) is 4.79 Å². The van der Waals surface area contributed by atoms with Gasteiger partial charge in [-0.3, -0.25) is 14.4 Å². The number of amides is 2. The first-order chi connectivity index (χ1) is 24.2. The first kappa shape index (κ1) is 37.3. The van der Waals surface area contributed by atoms with Crippen molar-refractivity contribution >= 4 is 52.1 Å². The number of halogens is 1. The van der Waals surface area contributed by atoms with Crippen LogP contribution in [-0.4, -0.2) is 42.9 Å². The molecule has 1 aliphatic rings. The van der Waals surface area contributed by atoms with Gasteiger partial charge >= 0.3 is 12.1 Å². The topological polar surface area (TPSA) is 120 Å². The molecule has 10 nitrogen and oxygen atoms in total. The minimum Gasteiger partial charge on any atom is -0.497 e. The van der Waals surface area contributed by atoms with Gasteiger partial charge in [0.1, 0.15) is 23.7 Å². The van der Waals surface area contributed by atoms with Crippen molar-refractivity contribution in [3.8, 4) is 11.5 Å². The Balaban J connectivity index is 1.71. The number of methoxy groups -OCH3 is 2. The average molecular weight is 731 g/mol. The number of alkyl carbamates (subject to hydrolysis) is 1. The number of benzene rings is 4. The molecule has 0 radical (unpaired) electrons. The summed E-state index contributed by atoms with van der Waals surface area (Å²) in [4.78, 5) is 60.6. The van der Waals surface area contributed by atoms with E-state index < -0.39 is 39.6 Å². The van der Waals surface area contributed by atoms with Crippen LogP contribution < -0.4 is 19.7 Å². The normalized spacial score (nSPS) is 16.5. The third-order valence-electron chi connectivity index (χ3n) is 8.46. The third-order valence-corrected chi connectivity index (χ3v) is 9.87. The lowest BCUT2D eigenvalue weighted by molar-refractivity contribution is -0.167. The number of rotatable bonds is 11. The van der Waals surface area contributed by atoms with E-state index in [0.29, 0.717) is 22.0 Å². The van der Waals surface area contributed by atoms with E-state index in [0.717, 1.165) is 17.3 Å². The number of ether oxygens (including phenoxy) is 4. The Bertz CT molecular complexity index is 1910. The zero-order chi connectivity index (χ0) is 37.0. The highest BCUT2D eigenvalue weighted by Gasteiger charge is 2.70. The molecular weight excluding hydrogens is 692 g/mol. The van der Waals surface area contributed by atoms with E-state index in [1.165, 1.54) is 26.0 Å². The highest BCUT2D eigenvalue weighted by Crippen LogP contribution is 2.55. The number of carbonyl (C=O) groups excluding carboxylic acids is 4. The van der Waals surface area contributed by atoms with Crippen molar-refractivity contribution in [1.82, 2.24) is 5.32 Å². The molecular formula is C39H39ClN2O8S. The number of esters is 1. The molecule has 0 spiro atoms. The molecule has 5 rings (SSSR count). The summed E-state index contributed by atoms with van der Waals surface area (Å²) >= 11 is 7.56. The lowest BCUT2D eigenvalue weighted by Crippen LogP contribution is -2.67. The van der Waals surface area contributed by atoms with E-state index in [4.69, 9.17) is 30.5 Å². The maximum absolute atomic E-state index is 15.3. The Kier molecular flexibility index (Phi) is 11.0. The van der Waals surface area contributed by atoms with Crippen molar-refractivity contribution in [3.05, 3.63) is 119 Å². The number of thioether (sulfide) groups is 1. The largest absolute Gasteiger partial charge is 0.497 e. The summed E-state index contributed by atoms with van der Waals surface area (Å²) in [6, 6.07) is 27.4. The van der Waals surface area contributed by atoms with Gasteiger partial charge < -0.3 is 29.2 Å². The summed E-state index contributed by atoms with van der Waals surface area (Å²) in [5, 5.41) is 2.14. The molecule has 0 saturated heterocycles. The highest BCUT2D eigenvalue weighted by molar-refractivity contribution is 8.13. The maximum atomic E-state index is 15.3. The van der Waals surface area contributed by atoms with E-state index >= 15 is 4.79 Å². The van der Waals surface area contributed by atoms with Crippen LogP contribution in [0, 0.1) is 5.41 Å². The molecule has 12 heteroatoms. The van der Waals surface area contributed by atoms with Crippen LogP contribution in [0.15, 0.2) is 102 Å². The maximum Gasteiger partial charge on any atom is 0.408 e. The Morgan fingerprint density at radius 3 is 2.00 bits per heavy atom. The van der Waals surface area contributed by atoms with E-state index in [1.54, 1.807) is 87.5 Å². The second-order valence-corrected chi connectivity index (χ2v) is 14.5. The predicted octanol–water partition coefficient (Wildman–Crippen LogP) is 7.69. The summed E-state index contributed by atoms with van der Waals surface area (Å²) in [6.07, 6.45) is -1.03. The average Bonchev–Trinajstić information content (AvgIpc) is 3.34. The molecule has 0 aliphatic carbocycles. The van der Waals surface area contributed by atoms with E-state index in [1.807, 2.05) is 30.3 Å². The number of hydrogen-bond donors (Lipinski definition) is 1. The van der Waals surface area contributed by atoms with Crippen molar-refractivity contribution < 1.29 is 38.1 Å². The van der Waals surface area contributed by atoms with Gasteiger partial charge in [0.15, 0.2) is 11.0 Å². The number of para-hydroxylation sites is 1. The van der Waals surface area contributed by atoms with E-state index in [-0.39, 0.29) is 29.4 Å². The Hall–Kier alpha value is -5.00. The fourth-order valence-electron chi connectivity index (χ4n) is 5.87. The molecule has 0 bridgehead atoms. The molecule has 0 fully saturated rings. The molecule has 1 heterocycles. The Morgan fingerprint density at radius 1 is 0.804 bits per heavy atom. The van der Waals surface area contributed by atoms with Crippen LogP contribution in [0.2, 0.25) is 5.02 Å². The summed E-state index contributed by atoms with van der Waals surface area (Å²) < 4.78 is 22.1. The SMILES string of the molecule is COc1ccc(COC(=O)C(C)(C(=O)Sc2ccc(OC)cc2)C2(NC(=O)OC(C)(C)C)C(=O)N(Cc3ccccc3)c3c(Cl)cccc32)cc1. The summed E-state index contributed by atoms with van der Waals surface area (Å²) in [7, 11) is 3.05. The number of nitrogens with zero attached hydrogens (tertiary/aromatic N) is 1. The fourth-order valence-corrected chi connectivity index (χ4v) is 7.07. The van der Waals surface area contributed by atoms with Gasteiger partial charge in [0.2, 0.25) is 5.12 Å². The second kappa shape index (κ2) is 15.1. The Morgan fingerprint density at radius 2 is 1.41 bits per heavy atom.